The Morgan fingerprint density at radius 3 is 2.76 bits per heavy atom. The van der Waals surface area contributed by atoms with Crippen molar-refractivity contribution < 1.29 is 9.53 Å². The Bertz CT molecular complexity index is 845. The van der Waals surface area contributed by atoms with Crippen molar-refractivity contribution >= 4 is 11.9 Å². The molecule has 0 unspecified atom stereocenters. The molecule has 2 heterocycles. The molecule has 25 heavy (non-hydrogen) atoms. The second-order valence-electron chi connectivity index (χ2n) is 5.65. The number of esters is 1. The van der Waals surface area contributed by atoms with E-state index in [1.54, 1.807) is 23.7 Å². The molecule has 1 atom stereocenters. The van der Waals surface area contributed by atoms with Gasteiger partial charge < -0.3 is 10.1 Å². The highest BCUT2D eigenvalue weighted by Crippen LogP contribution is 2.36. The van der Waals surface area contributed by atoms with Crippen molar-refractivity contribution in [3.8, 4) is 6.07 Å². The summed E-state index contributed by atoms with van der Waals surface area (Å²) in [6.07, 6.45) is 3.03. The first-order chi connectivity index (χ1) is 12.2. The van der Waals surface area contributed by atoms with Gasteiger partial charge in [-0.15, -0.1) is 0 Å². The van der Waals surface area contributed by atoms with Crippen molar-refractivity contribution in [2.45, 2.75) is 32.7 Å². The Labute approximate surface area is 145 Å². The van der Waals surface area contributed by atoms with Crippen molar-refractivity contribution in [2.75, 3.05) is 11.9 Å². The molecule has 1 aromatic carbocycles. The minimum Gasteiger partial charge on any atom is -0.463 e. The maximum atomic E-state index is 12.7. The van der Waals surface area contributed by atoms with Gasteiger partial charge in [-0.1, -0.05) is 25.5 Å². The normalized spacial score (nSPS) is 16.0. The Kier molecular flexibility index (Phi) is 4.80. The van der Waals surface area contributed by atoms with E-state index >= 15 is 0 Å². The lowest BCUT2D eigenvalue weighted by Gasteiger charge is -2.29. The molecule has 0 saturated carbocycles. The first kappa shape index (κ1) is 16.7. The van der Waals surface area contributed by atoms with Gasteiger partial charge in [0.05, 0.1) is 23.8 Å². The van der Waals surface area contributed by atoms with Crippen molar-refractivity contribution in [1.82, 2.24) is 14.8 Å². The zero-order valence-corrected chi connectivity index (χ0v) is 14.2. The van der Waals surface area contributed by atoms with Crippen LogP contribution in [0.5, 0.6) is 0 Å². The topological polar surface area (TPSA) is 92.8 Å². The van der Waals surface area contributed by atoms with Gasteiger partial charge in [0.15, 0.2) is 0 Å². The van der Waals surface area contributed by atoms with Crippen LogP contribution in [0.25, 0.3) is 0 Å². The molecule has 0 saturated heterocycles. The van der Waals surface area contributed by atoms with Gasteiger partial charge in [-0.2, -0.15) is 15.3 Å². The number of rotatable bonds is 5. The number of nitrogens with zero attached hydrogens (tertiary/aromatic N) is 4. The Balaban J connectivity index is 2.15. The zero-order valence-electron chi connectivity index (χ0n) is 14.2. The molecule has 0 amide bonds. The van der Waals surface area contributed by atoms with E-state index in [1.807, 2.05) is 19.1 Å². The lowest BCUT2D eigenvalue weighted by atomic mass is 9.93. The van der Waals surface area contributed by atoms with Crippen LogP contribution < -0.4 is 5.32 Å². The van der Waals surface area contributed by atoms with Gasteiger partial charge in [0, 0.05) is 5.70 Å². The van der Waals surface area contributed by atoms with Gasteiger partial charge in [0.25, 0.3) is 0 Å². The third-order valence-electron chi connectivity index (χ3n) is 4.03. The Hall–Kier alpha value is -3.14. The lowest BCUT2D eigenvalue weighted by molar-refractivity contribution is -0.139. The SMILES string of the molecule is CCCC1=C(C(=O)OCC)[C@H](c2ccc(C#N)cc2)n2ncnc2N1. The first-order valence-electron chi connectivity index (χ1n) is 8.26. The van der Waals surface area contributed by atoms with Crippen LogP contribution in [0.2, 0.25) is 0 Å². The quantitative estimate of drug-likeness (QED) is 0.843. The average molecular weight is 337 g/mol. The second-order valence-corrected chi connectivity index (χ2v) is 5.65. The van der Waals surface area contributed by atoms with E-state index in [-0.39, 0.29) is 5.97 Å². The van der Waals surface area contributed by atoms with Gasteiger partial charge in [-0.25, -0.2) is 9.48 Å². The molecule has 7 heteroatoms. The summed E-state index contributed by atoms with van der Waals surface area (Å²) in [6.45, 7) is 4.13. The van der Waals surface area contributed by atoms with E-state index in [4.69, 9.17) is 10.00 Å². The Morgan fingerprint density at radius 2 is 2.12 bits per heavy atom. The number of allylic oxidation sites excluding steroid dienone is 1. The van der Waals surface area contributed by atoms with Crippen LogP contribution in [0.15, 0.2) is 41.9 Å². The molecule has 1 N–H and O–H groups in total. The molecule has 128 valence electrons. The summed E-state index contributed by atoms with van der Waals surface area (Å²) in [5.74, 6) is 0.222. The van der Waals surface area contributed by atoms with Crippen LogP contribution in [0.1, 0.15) is 43.9 Å². The number of nitriles is 1. The molecule has 0 fully saturated rings. The molecular formula is C18H19N5O2. The number of ether oxygens (including phenoxy) is 1. The number of carbonyl (C=O) groups excluding carboxylic acids is 1. The minimum atomic E-state index is -0.438. The van der Waals surface area contributed by atoms with E-state index in [9.17, 15) is 4.79 Å². The van der Waals surface area contributed by atoms with E-state index < -0.39 is 6.04 Å². The average Bonchev–Trinajstić information content (AvgIpc) is 3.09. The van der Waals surface area contributed by atoms with Crippen LogP contribution in [0.3, 0.4) is 0 Å². The standard InChI is InChI=1S/C18H19N5O2/c1-3-5-14-15(17(24)25-4-2)16(23-18(22-14)20-11-21-23)13-8-6-12(10-19)7-9-13/h6-9,11,16H,3-5H2,1-2H3,(H,20,21,22)/t16-/m0/s1. The number of fused-ring (bicyclic) bond motifs is 1. The zero-order chi connectivity index (χ0) is 17.8. The summed E-state index contributed by atoms with van der Waals surface area (Å²) >= 11 is 0. The molecule has 0 spiro atoms. The number of hydrogen-bond donors (Lipinski definition) is 1. The maximum Gasteiger partial charge on any atom is 0.338 e. The van der Waals surface area contributed by atoms with Gasteiger partial charge in [0.1, 0.15) is 12.4 Å². The molecule has 0 bridgehead atoms. The molecule has 1 aliphatic heterocycles. The molecule has 3 rings (SSSR count). The number of anilines is 1. The van der Waals surface area contributed by atoms with Crippen molar-refractivity contribution in [2.24, 2.45) is 0 Å². The highest BCUT2D eigenvalue weighted by molar-refractivity contribution is 5.92. The lowest BCUT2D eigenvalue weighted by Crippen LogP contribution is -2.30. The molecule has 1 aromatic heterocycles. The molecule has 0 radical (unpaired) electrons. The number of carbonyl (C=O) groups is 1. The third-order valence-corrected chi connectivity index (χ3v) is 4.03. The molecule has 1 aliphatic rings. The summed E-state index contributed by atoms with van der Waals surface area (Å²) in [7, 11) is 0. The van der Waals surface area contributed by atoms with Gasteiger partial charge in [0.2, 0.25) is 5.95 Å². The van der Waals surface area contributed by atoms with Crippen LogP contribution in [0.4, 0.5) is 5.95 Å². The predicted molar refractivity (Wildman–Crippen MR) is 91.5 cm³/mol. The van der Waals surface area contributed by atoms with Gasteiger partial charge in [-0.3, -0.25) is 0 Å². The van der Waals surface area contributed by atoms with Crippen molar-refractivity contribution in [1.29, 1.82) is 5.26 Å². The van der Waals surface area contributed by atoms with E-state index in [1.165, 1.54) is 6.33 Å². The van der Waals surface area contributed by atoms with E-state index in [0.717, 1.165) is 17.7 Å². The summed E-state index contributed by atoms with van der Waals surface area (Å²) in [4.78, 5) is 16.9. The first-order valence-corrected chi connectivity index (χ1v) is 8.26. The molecular weight excluding hydrogens is 318 g/mol. The number of benzene rings is 1. The maximum absolute atomic E-state index is 12.7. The van der Waals surface area contributed by atoms with Crippen LogP contribution in [0, 0.1) is 11.3 Å². The third kappa shape index (κ3) is 3.11. The van der Waals surface area contributed by atoms with E-state index in [2.05, 4.69) is 21.5 Å². The summed E-state index contributed by atoms with van der Waals surface area (Å²) < 4.78 is 6.97. The highest BCUT2D eigenvalue weighted by Gasteiger charge is 2.35. The van der Waals surface area contributed by atoms with Crippen molar-refractivity contribution in [3.05, 3.63) is 53.0 Å². The number of nitrogens with one attached hydrogen (secondary N) is 1. The second kappa shape index (κ2) is 7.18. The van der Waals surface area contributed by atoms with Crippen molar-refractivity contribution in [3.63, 3.8) is 0 Å². The highest BCUT2D eigenvalue weighted by atomic mass is 16.5. The molecule has 0 aliphatic carbocycles. The summed E-state index contributed by atoms with van der Waals surface area (Å²) in [5.41, 5.74) is 2.75. The van der Waals surface area contributed by atoms with Crippen LogP contribution in [-0.4, -0.2) is 27.3 Å². The number of aromatic nitrogens is 3. The number of hydrogen-bond acceptors (Lipinski definition) is 6. The fourth-order valence-corrected chi connectivity index (χ4v) is 2.96. The summed E-state index contributed by atoms with van der Waals surface area (Å²) in [6, 6.07) is 8.80. The molecule has 7 nitrogen and oxygen atoms in total. The van der Waals surface area contributed by atoms with Gasteiger partial charge in [-0.05, 0) is 31.0 Å². The molecule has 2 aromatic rings. The smallest absolute Gasteiger partial charge is 0.338 e. The monoisotopic (exact) mass is 337 g/mol. The summed E-state index contributed by atoms with van der Waals surface area (Å²) in [5, 5.41) is 16.5. The van der Waals surface area contributed by atoms with E-state index in [0.29, 0.717) is 30.1 Å². The van der Waals surface area contributed by atoms with Gasteiger partial charge >= 0.3 is 5.97 Å². The predicted octanol–water partition coefficient (Wildman–Crippen LogP) is 2.78. The fraction of sp³-hybridized carbons (Fsp3) is 0.333. The fourth-order valence-electron chi connectivity index (χ4n) is 2.96. The Morgan fingerprint density at radius 1 is 1.36 bits per heavy atom. The van der Waals surface area contributed by atoms with Crippen LogP contribution in [-0.2, 0) is 9.53 Å². The van der Waals surface area contributed by atoms with Crippen LogP contribution >= 0.6 is 0 Å². The largest absolute Gasteiger partial charge is 0.463 e. The minimum absolute atomic E-state index is 0.298.